The van der Waals surface area contributed by atoms with Crippen LogP contribution in [-0.2, 0) is 35.1 Å². The van der Waals surface area contributed by atoms with Gasteiger partial charge < -0.3 is 40.7 Å². The molecule has 3 aliphatic rings. The molecule has 1 aromatic rings. The molecule has 2 aliphatic heterocycles. The Morgan fingerprint density at radius 3 is 2.24 bits per heavy atom. The van der Waals surface area contributed by atoms with E-state index in [-0.39, 0.29) is 66.5 Å². The fraction of sp³-hybridized carbons (Fsp3) is 0.762. The van der Waals surface area contributed by atoms with Crippen molar-refractivity contribution in [3.05, 3.63) is 29.8 Å². The van der Waals surface area contributed by atoms with Gasteiger partial charge >= 0.3 is 0 Å². The maximum atomic E-state index is 14.4. The van der Waals surface area contributed by atoms with E-state index in [2.05, 4.69) is 36.3 Å². The molecule has 4 amide bonds. The first-order valence-electron chi connectivity index (χ1n) is 20.5. The molecule has 2 heterocycles. The summed E-state index contributed by atoms with van der Waals surface area (Å²) in [5.41, 5.74) is 7.40. The Kier molecular flexibility index (Phi) is 16.0. The molecule has 55 heavy (non-hydrogen) atoms. The molecule has 0 aromatic heterocycles. The molecule has 0 spiro atoms. The Bertz CT molecular complexity index is 1440. The number of likely N-dealkylation sites (tertiary alicyclic amines) is 2. The van der Waals surface area contributed by atoms with Crippen LogP contribution in [-0.4, -0.2) is 133 Å². The quantitative estimate of drug-likeness (QED) is 0.155. The molecule has 2 bridgehead atoms. The van der Waals surface area contributed by atoms with Crippen molar-refractivity contribution in [1.82, 2.24) is 25.3 Å². The van der Waals surface area contributed by atoms with E-state index in [1.165, 1.54) is 0 Å². The highest BCUT2D eigenvalue weighted by molar-refractivity contribution is 5.90. The highest BCUT2D eigenvalue weighted by atomic mass is 16.5. The number of ether oxygens (including phenoxy) is 2. The van der Waals surface area contributed by atoms with E-state index in [1.807, 2.05) is 33.0 Å². The Balaban J connectivity index is 1.45. The number of nitrogens with two attached hydrogens (primary N) is 1. The first-order chi connectivity index (χ1) is 26.1. The largest absolute Gasteiger partial charge is 0.399 e. The number of fused-ring (bicyclic) bond motifs is 2. The normalized spacial score (nSPS) is 26.3. The molecule has 2 saturated heterocycles. The van der Waals surface area contributed by atoms with Crippen LogP contribution in [0.5, 0.6) is 0 Å². The number of methoxy groups -OCH3 is 2. The van der Waals surface area contributed by atoms with E-state index in [1.54, 1.807) is 50.1 Å². The minimum Gasteiger partial charge on any atom is -0.399 e. The Morgan fingerprint density at radius 1 is 1.02 bits per heavy atom. The van der Waals surface area contributed by atoms with Gasteiger partial charge in [0.15, 0.2) is 0 Å². The molecule has 1 aliphatic carbocycles. The lowest BCUT2D eigenvalue weighted by atomic mass is 9.89. The summed E-state index contributed by atoms with van der Waals surface area (Å²) < 4.78 is 12.0. The third-order valence-corrected chi connectivity index (χ3v) is 13.2. The summed E-state index contributed by atoms with van der Waals surface area (Å²) in [5, 5.41) is 16.2. The number of amides is 4. The van der Waals surface area contributed by atoms with Crippen molar-refractivity contribution in [3.8, 4) is 0 Å². The summed E-state index contributed by atoms with van der Waals surface area (Å²) in [4.78, 5) is 61.6. The standard InChI is InChI=1S/C42H70N6O7/c1-11-25(4)37(47(8)42(53)36(24(2)3)45-41(52)38-31-18-19-32(26(31)5)46(38)7)34(54-9)22-35(50)48-20-12-13-33(48)39(55-10)27(6)40(51)44-30(23-49)21-28-14-16-29(43)17-15-28/h14-17,24-27,30-34,36-39,49H,11-13,18-23,43H2,1-10H3,(H,44,51)(H,45,52)/t25-,26-,27+,30-,31-,32-,33-,34+,36-,37-,38-,39+/m0/s1. The van der Waals surface area contributed by atoms with Crippen LogP contribution in [0.15, 0.2) is 24.3 Å². The van der Waals surface area contributed by atoms with Crippen LogP contribution in [0.2, 0.25) is 0 Å². The van der Waals surface area contributed by atoms with Crippen LogP contribution in [0.4, 0.5) is 5.69 Å². The van der Waals surface area contributed by atoms with E-state index in [0.717, 1.165) is 31.2 Å². The van der Waals surface area contributed by atoms with Crippen LogP contribution < -0.4 is 16.4 Å². The average Bonchev–Trinajstić information content (AvgIpc) is 3.86. The number of rotatable bonds is 19. The van der Waals surface area contributed by atoms with Gasteiger partial charge in [0, 0.05) is 39.5 Å². The lowest BCUT2D eigenvalue weighted by Crippen LogP contribution is -2.60. The number of anilines is 1. The number of piperidine rings is 1. The van der Waals surface area contributed by atoms with Crippen molar-refractivity contribution in [2.24, 2.45) is 29.6 Å². The summed E-state index contributed by atoms with van der Waals surface area (Å²) in [5.74, 6) is -0.711. The maximum absolute atomic E-state index is 14.4. The van der Waals surface area contributed by atoms with Crippen molar-refractivity contribution >= 4 is 29.3 Å². The number of hydrogen-bond acceptors (Lipinski definition) is 9. The summed E-state index contributed by atoms with van der Waals surface area (Å²) in [6.45, 7) is 12.3. The molecule has 13 heteroatoms. The van der Waals surface area contributed by atoms with Crippen LogP contribution in [0.25, 0.3) is 0 Å². The molecular formula is C42H70N6O7. The SMILES string of the molecule is CC[C@H](C)[C@@H]([C@@H](CC(=O)N1CCC[C@H]1[C@H](OC)[C@@H](C)C(=O)N[C@H](CO)Cc1ccc(N)cc1)OC)N(C)C(=O)[C@@H](NC(=O)[C@@H]1[C@H]2CC[C@@H]([C@H]2C)N1C)C(C)C. The molecule has 0 unspecified atom stereocenters. The van der Waals surface area contributed by atoms with Crippen LogP contribution in [0.1, 0.15) is 85.6 Å². The van der Waals surface area contributed by atoms with Gasteiger partial charge in [-0.15, -0.1) is 0 Å². The van der Waals surface area contributed by atoms with E-state index < -0.39 is 36.3 Å². The average molecular weight is 771 g/mol. The molecule has 13 nitrogen and oxygen atoms in total. The van der Waals surface area contributed by atoms with Crippen molar-refractivity contribution in [1.29, 1.82) is 0 Å². The number of carbonyl (C=O) groups is 4. The number of nitrogen functional groups attached to an aromatic ring is 1. The second kappa shape index (κ2) is 19.7. The lowest BCUT2D eigenvalue weighted by molar-refractivity contribution is -0.148. The fourth-order valence-electron chi connectivity index (χ4n) is 9.79. The highest BCUT2D eigenvalue weighted by Gasteiger charge is 2.53. The summed E-state index contributed by atoms with van der Waals surface area (Å²) in [6, 6.07) is 5.48. The number of nitrogens with zero attached hydrogens (tertiary/aromatic N) is 3. The van der Waals surface area contributed by atoms with E-state index >= 15 is 0 Å². The number of aliphatic hydroxyl groups excluding tert-OH is 1. The summed E-state index contributed by atoms with van der Waals surface area (Å²) >= 11 is 0. The molecule has 3 fully saturated rings. The zero-order valence-electron chi connectivity index (χ0n) is 35.0. The van der Waals surface area contributed by atoms with Gasteiger partial charge in [0.2, 0.25) is 23.6 Å². The van der Waals surface area contributed by atoms with Gasteiger partial charge in [-0.05, 0) is 80.5 Å². The number of likely N-dealkylation sites (N-methyl/N-ethyl adjacent to an activating group) is 2. The second-order valence-electron chi connectivity index (χ2n) is 16.9. The molecule has 1 aromatic carbocycles. The lowest BCUT2D eigenvalue weighted by Gasteiger charge is -2.41. The molecule has 1 saturated carbocycles. The highest BCUT2D eigenvalue weighted by Crippen LogP contribution is 2.46. The first-order valence-corrected chi connectivity index (χ1v) is 20.5. The molecule has 5 N–H and O–H groups in total. The smallest absolute Gasteiger partial charge is 0.245 e. The van der Waals surface area contributed by atoms with E-state index in [9.17, 15) is 24.3 Å². The fourth-order valence-corrected chi connectivity index (χ4v) is 9.79. The van der Waals surface area contributed by atoms with Gasteiger partial charge in [0.1, 0.15) is 6.04 Å². The zero-order chi connectivity index (χ0) is 40.7. The summed E-state index contributed by atoms with van der Waals surface area (Å²) in [7, 11) is 6.92. The number of hydrogen-bond donors (Lipinski definition) is 4. The minimum absolute atomic E-state index is 0.00899. The molecule has 4 rings (SSSR count). The van der Waals surface area contributed by atoms with Gasteiger partial charge in [0.25, 0.3) is 0 Å². The molecular weight excluding hydrogens is 700 g/mol. The maximum Gasteiger partial charge on any atom is 0.245 e. The van der Waals surface area contributed by atoms with Crippen LogP contribution in [0, 0.1) is 29.6 Å². The van der Waals surface area contributed by atoms with Crippen molar-refractivity contribution in [2.45, 2.75) is 135 Å². The van der Waals surface area contributed by atoms with Crippen molar-refractivity contribution in [2.75, 3.05) is 47.2 Å². The topological polar surface area (TPSA) is 167 Å². The predicted molar refractivity (Wildman–Crippen MR) is 214 cm³/mol. The third-order valence-electron chi connectivity index (χ3n) is 13.2. The third kappa shape index (κ3) is 10.0. The minimum atomic E-state index is -0.727. The van der Waals surface area contributed by atoms with Crippen molar-refractivity contribution < 1.29 is 33.8 Å². The van der Waals surface area contributed by atoms with E-state index in [0.29, 0.717) is 37.0 Å². The van der Waals surface area contributed by atoms with Gasteiger partial charge in [-0.25, -0.2) is 0 Å². The zero-order valence-corrected chi connectivity index (χ0v) is 35.0. The predicted octanol–water partition coefficient (Wildman–Crippen LogP) is 3.08. The number of nitrogens with one attached hydrogen (secondary N) is 2. The van der Waals surface area contributed by atoms with Crippen LogP contribution in [0.3, 0.4) is 0 Å². The van der Waals surface area contributed by atoms with Gasteiger partial charge in [0.05, 0.1) is 55.3 Å². The Hall–Kier alpha value is -3.26. The van der Waals surface area contributed by atoms with Gasteiger partial charge in [-0.3, -0.25) is 24.1 Å². The number of benzene rings is 1. The first kappa shape index (κ1) is 44.5. The molecule has 0 radical (unpaired) electrons. The van der Waals surface area contributed by atoms with Gasteiger partial charge in [-0.2, -0.15) is 0 Å². The monoisotopic (exact) mass is 771 g/mol. The van der Waals surface area contributed by atoms with E-state index in [4.69, 9.17) is 15.2 Å². The second-order valence-corrected chi connectivity index (χ2v) is 16.9. The Morgan fingerprint density at radius 2 is 1.69 bits per heavy atom. The Labute approximate surface area is 329 Å². The number of carbonyl (C=O) groups excluding carboxylic acids is 4. The van der Waals surface area contributed by atoms with Crippen LogP contribution >= 0.6 is 0 Å². The van der Waals surface area contributed by atoms with Gasteiger partial charge in [-0.1, -0.05) is 60.1 Å². The number of aliphatic hydroxyl groups is 1. The molecule has 310 valence electrons. The summed E-state index contributed by atoms with van der Waals surface area (Å²) in [6.07, 6.45) is 3.60. The van der Waals surface area contributed by atoms with Crippen molar-refractivity contribution in [3.63, 3.8) is 0 Å². The molecule has 12 atom stereocenters.